The molecule has 0 radical (unpaired) electrons. The van der Waals surface area contributed by atoms with Crippen molar-refractivity contribution in [2.45, 2.75) is 6.54 Å². The Morgan fingerprint density at radius 2 is 2.15 bits per heavy atom. The number of nitrogens with zero attached hydrogens (tertiary/aromatic N) is 1. The van der Waals surface area contributed by atoms with E-state index in [2.05, 4.69) is 16.3 Å². The molecular formula is C14H21ClN2O2S. The zero-order valence-corrected chi connectivity index (χ0v) is 13.3. The molecule has 2 rings (SSSR count). The summed E-state index contributed by atoms with van der Waals surface area (Å²) in [6.07, 6.45) is 0. The van der Waals surface area contributed by atoms with Gasteiger partial charge in [0.15, 0.2) is 0 Å². The van der Waals surface area contributed by atoms with Crippen LogP contribution in [0.25, 0.3) is 0 Å². The van der Waals surface area contributed by atoms with E-state index < -0.39 is 10.8 Å². The molecule has 0 bridgehead atoms. The Kier molecular flexibility index (Phi) is 6.29. The lowest BCUT2D eigenvalue weighted by Gasteiger charge is -2.30. The van der Waals surface area contributed by atoms with E-state index in [-0.39, 0.29) is 0 Å². The first-order valence-electron chi connectivity index (χ1n) is 6.78. The number of halogens is 1. The largest absolute Gasteiger partial charge is 0.383 e. The summed E-state index contributed by atoms with van der Waals surface area (Å²) < 4.78 is 16.5. The minimum absolute atomic E-state index is 0.661. The van der Waals surface area contributed by atoms with Crippen molar-refractivity contribution in [2.24, 2.45) is 0 Å². The van der Waals surface area contributed by atoms with Crippen LogP contribution in [-0.4, -0.2) is 49.1 Å². The van der Waals surface area contributed by atoms with E-state index in [1.165, 1.54) is 5.56 Å². The Hall–Kier alpha value is -0.620. The quantitative estimate of drug-likeness (QED) is 0.810. The van der Waals surface area contributed by atoms with Gasteiger partial charge in [-0.15, -0.1) is 0 Å². The van der Waals surface area contributed by atoms with Crippen molar-refractivity contribution in [3.63, 3.8) is 0 Å². The summed E-state index contributed by atoms with van der Waals surface area (Å²) in [4.78, 5) is 2.28. The van der Waals surface area contributed by atoms with Gasteiger partial charge in [-0.3, -0.25) is 4.21 Å². The normalized spacial score (nSPS) is 16.6. The third-order valence-corrected chi connectivity index (χ3v) is 4.88. The van der Waals surface area contributed by atoms with Gasteiger partial charge in [-0.25, -0.2) is 0 Å². The van der Waals surface area contributed by atoms with Gasteiger partial charge in [0, 0.05) is 66.3 Å². The molecule has 0 amide bonds. The summed E-state index contributed by atoms with van der Waals surface area (Å²) in [5, 5.41) is 4.10. The van der Waals surface area contributed by atoms with E-state index in [9.17, 15) is 4.21 Å². The Balaban J connectivity index is 2.05. The van der Waals surface area contributed by atoms with Gasteiger partial charge in [0.05, 0.1) is 6.61 Å². The van der Waals surface area contributed by atoms with Gasteiger partial charge in [0.1, 0.15) is 0 Å². The second-order valence-electron chi connectivity index (χ2n) is 4.78. The molecule has 0 atom stereocenters. The average molecular weight is 317 g/mol. The van der Waals surface area contributed by atoms with Crippen LogP contribution in [0.2, 0.25) is 5.02 Å². The second-order valence-corrected chi connectivity index (χ2v) is 6.91. The van der Waals surface area contributed by atoms with E-state index in [1.54, 1.807) is 7.11 Å². The number of methoxy groups -OCH3 is 1. The Morgan fingerprint density at radius 3 is 2.85 bits per heavy atom. The molecule has 0 aliphatic carbocycles. The Morgan fingerprint density at radius 1 is 1.40 bits per heavy atom. The Bertz CT molecular complexity index is 460. The number of hydrogen-bond acceptors (Lipinski definition) is 4. The van der Waals surface area contributed by atoms with Crippen LogP contribution in [0, 0.1) is 0 Å². The lowest BCUT2D eigenvalue weighted by Crippen LogP contribution is -2.38. The number of rotatable bonds is 6. The topological polar surface area (TPSA) is 41.6 Å². The summed E-state index contributed by atoms with van der Waals surface area (Å²) in [5.41, 5.74) is 2.37. The molecule has 1 heterocycles. The summed E-state index contributed by atoms with van der Waals surface area (Å²) >= 11 is 6.12. The molecule has 112 valence electrons. The van der Waals surface area contributed by atoms with E-state index in [0.717, 1.165) is 48.4 Å². The van der Waals surface area contributed by atoms with Crippen LogP contribution in [0.15, 0.2) is 18.2 Å². The molecule has 0 spiro atoms. The zero-order chi connectivity index (χ0) is 14.4. The van der Waals surface area contributed by atoms with Crippen molar-refractivity contribution >= 4 is 28.1 Å². The van der Waals surface area contributed by atoms with Crippen molar-refractivity contribution in [3.05, 3.63) is 28.8 Å². The molecule has 1 N–H and O–H groups in total. The molecule has 1 saturated heterocycles. The van der Waals surface area contributed by atoms with Crippen LogP contribution < -0.4 is 10.2 Å². The maximum absolute atomic E-state index is 11.5. The maximum atomic E-state index is 11.5. The minimum atomic E-state index is -0.661. The molecule has 1 fully saturated rings. The molecule has 4 nitrogen and oxygen atoms in total. The van der Waals surface area contributed by atoms with Gasteiger partial charge in [-0.05, 0) is 17.7 Å². The van der Waals surface area contributed by atoms with Crippen LogP contribution in [-0.2, 0) is 22.1 Å². The van der Waals surface area contributed by atoms with Crippen LogP contribution in [0.4, 0.5) is 5.69 Å². The first-order chi connectivity index (χ1) is 9.70. The predicted octanol–water partition coefficient (Wildman–Crippen LogP) is 1.64. The summed E-state index contributed by atoms with van der Waals surface area (Å²) in [6.45, 7) is 3.97. The van der Waals surface area contributed by atoms with Crippen LogP contribution in [0.5, 0.6) is 0 Å². The third kappa shape index (κ3) is 4.45. The molecule has 20 heavy (non-hydrogen) atoms. The molecule has 0 unspecified atom stereocenters. The summed E-state index contributed by atoms with van der Waals surface area (Å²) in [7, 11) is 1.04. The second kappa shape index (κ2) is 7.98. The first kappa shape index (κ1) is 15.8. The van der Waals surface area contributed by atoms with Gasteiger partial charge >= 0.3 is 0 Å². The number of anilines is 1. The highest BCUT2D eigenvalue weighted by Crippen LogP contribution is 2.26. The van der Waals surface area contributed by atoms with Crippen molar-refractivity contribution in [2.75, 3.05) is 49.8 Å². The number of benzene rings is 1. The number of ether oxygens (including phenoxy) is 1. The SMILES string of the molecule is COCCNCc1ccc(Cl)cc1N1CCS(=O)CC1. The number of hydrogen-bond donors (Lipinski definition) is 1. The fraction of sp³-hybridized carbons (Fsp3) is 0.571. The van der Waals surface area contributed by atoms with Gasteiger partial charge in [-0.1, -0.05) is 17.7 Å². The highest BCUT2D eigenvalue weighted by Gasteiger charge is 2.18. The standard InChI is InChI=1S/C14H21ClN2O2S/c1-19-7-4-16-11-12-2-3-13(15)10-14(12)17-5-8-20(18)9-6-17/h2-3,10,16H,4-9,11H2,1H3. The molecule has 1 aliphatic rings. The molecule has 0 aromatic heterocycles. The maximum Gasteiger partial charge on any atom is 0.0587 e. The monoisotopic (exact) mass is 316 g/mol. The fourth-order valence-corrected chi connectivity index (χ4v) is 3.48. The van der Waals surface area contributed by atoms with E-state index in [4.69, 9.17) is 16.3 Å². The van der Waals surface area contributed by atoms with Gasteiger partial charge < -0.3 is 15.0 Å². The fourth-order valence-electron chi connectivity index (χ4n) is 2.26. The van der Waals surface area contributed by atoms with Crippen molar-refractivity contribution in [1.82, 2.24) is 5.32 Å². The van der Waals surface area contributed by atoms with Gasteiger partial charge in [-0.2, -0.15) is 0 Å². The molecule has 1 aliphatic heterocycles. The predicted molar refractivity (Wildman–Crippen MR) is 85.1 cm³/mol. The van der Waals surface area contributed by atoms with E-state index in [0.29, 0.717) is 6.61 Å². The Labute approximate surface area is 127 Å². The molecule has 1 aromatic carbocycles. The molecule has 0 saturated carbocycles. The smallest absolute Gasteiger partial charge is 0.0587 e. The number of nitrogens with one attached hydrogen (secondary N) is 1. The lowest BCUT2D eigenvalue weighted by atomic mass is 10.1. The summed E-state index contributed by atoms with van der Waals surface area (Å²) in [5.74, 6) is 1.48. The molecule has 1 aromatic rings. The molecule has 6 heteroatoms. The van der Waals surface area contributed by atoms with Crippen LogP contribution in [0.1, 0.15) is 5.56 Å². The first-order valence-corrected chi connectivity index (χ1v) is 8.65. The van der Waals surface area contributed by atoms with Crippen LogP contribution in [0.3, 0.4) is 0 Å². The highest BCUT2D eigenvalue weighted by atomic mass is 35.5. The highest BCUT2D eigenvalue weighted by molar-refractivity contribution is 7.85. The zero-order valence-electron chi connectivity index (χ0n) is 11.7. The van der Waals surface area contributed by atoms with E-state index >= 15 is 0 Å². The van der Waals surface area contributed by atoms with Gasteiger partial charge in [0.25, 0.3) is 0 Å². The van der Waals surface area contributed by atoms with Crippen molar-refractivity contribution in [3.8, 4) is 0 Å². The minimum Gasteiger partial charge on any atom is -0.383 e. The van der Waals surface area contributed by atoms with Gasteiger partial charge in [0.2, 0.25) is 0 Å². The summed E-state index contributed by atoms with van der Waals surface area (Å²) in [6, 6.07) is 5.98. The van der Waals surface area contributed by atoms with Crippen molar-refractivity contribution < 1.29 is 8.95 Å². The van der Waals surface area contributed by atoms with E-state index in [1.807, 2.05) is 12.1 Å². The average Bonchev–Trinajstić information content (AvgIpc) is 2.46. The lowest BCUT2D eigenvalue weighted by molar-refractivity contribution is 0.199. The van der Waals surface area contributed by atoms with Crippen molar-refractivity contribution in [1.29, 1.82) is 0 Å². The third-order valence-electron chi connectivity index (χ3n) is 3.36. The van der Waals surface area contributed by atoms with Crippen LogP contribution >= 0.6 is 11.6 Å². The molecular weight excluding hydrogens is 296 g/mol.